The van der Waals surface area contributed by atoms with E-state index in [-0.39, 0.29) is 24.4 Å². The Morgan fingerprint density at radius 1 is 1.41 bits per heavy atom. The van der Waals surface area contributed by atoms with Crippen molar-refractivity contribution in [3.8, 4) is 5.75 Å². The lowest BCUT2D eigenvalue weighted by atomic mass is 10.2. The second-order valence-electron chi connectivity index (χ2n) is 5.38. The number of aryl methyl sites for hydroxylation is 1. The van der Waals surface area contributed by atoms with Gasteiger partial charge in [-0.05, 0) is 19.1 Å². The molecule has 1 aromatic carbocycles. The van der Waals surface area contributed by atoms with E-state index < -0.39 is 0 Å². The molecule has 5 nitrogen and oxygen atoms in total. The molecule has 1 fully saturated rings. The fourth-order valence-electron chi connectivity index (χ4n) is 2.16. The number of benzene rings is 1. The van der Waals surface area contributed by atoms with Gasteiger partial charge in [0.25, 0.3) is 0 Å². The zero-order valence-corrected chi connectivity index (χ0v) is 14.0. The third kappa shape index (κ3) is 6.22. The molecule has 0 spiro atoms. The standard InChI is InChI=1S/C16H24N2O3.ClH/c1-13-3-5-14(6-4-13)21-10-8-18(2)16(19)11-15-12-17-7-9-20-15;/h3-6,15,17H,7-12H2,1-2H3;1H. The summed E-state index contributed by atoms with van der Waals surface area (Å²) >= 11 is 0. The maximum atomic E-state index is 12.1. The number of hydrogen-bond acceptors (Lipinski definition) is 4. The van der Waals surface area contributed by atoms with Crippen LogP contribution in [-0.4, -0.2) is 56.8 Å². The fraction of sp³-hybridized carbons (Fsp3) is 0.562. The van der Waals surface area contributed by atoms with Crippen molar-refractivity contribution in [1.82, 2.24) is 10.2 Å². The molecule has 1 aliphatic heterocycles. The Morgan fingerprint density at radius 3 is 2.77 bits per heavy atom. The topological polar surface area (TPSA) is 50.8 Å². The first kappa shape index (κ1) is 18.7. The van der Waals surface area contributed by atoms with Gasteiger partial charge in [-0.25, -0.2) is 0 Å². The SMILES string of the molecule is Cc1ccc(OCCN(C)C(=O)CC2CNCCO2)cc1.Cl. The minimum Gasteiger partial charge on any atom is -0.492 e. The number of carbonyl (C=O) groups excluding carboxylic acids is 1. The third-order valence-corrected chi connectivity index (χ3v) is 3.55. The number of likely N-dealkylation sites (N-methyl/N-ethyl adjacent to an activating group) is 1. The van der Waals surface area contributed by atoms with E-state index in [0.717, 1.165) is 18.8 Å². The number of carbonyl (C=O) groups is 1. The van der Waals surface area contributed by atoms with Crippen molar-refractivity contribution in [2.75, 3.05) is 39.9 Å². The number of morpholine rings is 1. The van der Waals surface area contributed by atoms with Crippen LogP contribution in [0.2, 0.25) is 0 Å². The molecule has 124 valence electrons. The molecule has 1 amide bonds. The fourth-order valence-corrected chi connectivity index (χ4v) is 2.16. The molecule has 1 unspecified atom stereocenters. The summed E-state index contributed by atoms with van der Waals surface area (Å²) in [5.41, 5.74) is 1.20. The summed E-state index contributed by atoms with van der Waals surface area (Å²) in [4.78, 5) is 13.8. The van der Waals surface area contributed by atoms with Crippen molar-refractivity contribution >= 4 is 18.3 Å². The molecule has 1 N–H and O–H groups in total. The number of hydrogen-bond donors (Lipinski definition) is 1. The monoisotopic (exact) mass is 328 g/mol. The summed E-state index contributed by atoms with van der Waals surface area (Å²) in [7, 11) is 1.80. The lowest BCUT2D eigenvalue weighted by Crippen LogP contribution is -2.42. The molecule has 6 heteroatoms. The van der Waals surface area contributed by atoms with Crippen LogP contribution in [-0.2, 0) is 9.53 Å². The maximum Gasteiger partial charge on any atom is 0.225 e. The lowest BCUT2D eigenvalue weighted by molar-refractivity contribution is -0.133. The first-order chi connectivity index (χ1) is 10.1. The molecule has 0 bridgehead atoms. The number of ether oxygens (including phenoxy) is 2. The predicted octanol–water partition coefficient (Wildman–Crippen LogP) is 1.63. The maximum absolute atomic E-state index is 12.1. The Morgan fingerprint density at radius 2 is 2.14 bits per heavy atom. The number of amides is 1. The molecular weight excluding hydrogens is 304 g/mol. The Kier molecular flexibility index (Phi) is 8.24. The van der Waals surface area contributed by atoms with Crippen LogP contribution in [0.5, 0.6) is 5.75 Å². The van der Waals surface area contributed by atoms with E-state index in [9.17, 15) is 4.79 Å². The van der Waals surface area contributed by atoms with Gasteiger partial charge in [-0.3, -0.25) is 4.79 Å². The zero-order chi connectivity index (χ0) is 15.1. The number of nitrogens with one attached hydrogen (secondary N) is 1. The van der Waals surface area contributed by atoms with Gasteiger partial charge in [-0.15, -0.1) is 12.4 Å². The highest BCUT2D eigenvalue weighted by Gasteiger charge is 2.19. The molecule has 1 atom stereocenters. The smallest absolute Gasteiger partial charge is 0.225 e. The molecule has 1 aliphatic rings. The molecule has 1 heterocycles. The molecule has 0 aliphatic carbocycles. The molecule has 1 aromatic rings. The van der Waals surface area contributed by atoms with Gasteiger partial charge in [0.1, 0.15) is 12.4 Å². The second-order valence-corrected chi connectivity index (χ2v) is 5.38. The molecule has 0 saturated carbocycles. The first-order valence-electron chi connectivity index (χ1n) is 7.41. The van der Waals surface area contributed by atoms with E-state index in [0.29, 0.717) is 26.2 Å². The van der Waals surface area contributed by atoms with Crippen LogP contribution >= 0.6 is 12.4 Å². The molecular formula is C16H25ClN2O3. The van der Waals surface area contributed by atoms with Gasteiger partial charge in [-0.2, -0.15) is 0 Å². The summed E-state index contributed by atoms with van der Waals surface area (Å²) in [6.45, 7) is 5.41. The van der Waals surface area contributed by atoms with Crippen molar-refractivity contribution in [2.24, 2.45) is 0 Å². The Hall–Kier alpha value is -1.30. The van der Waals surface area contributed by atoms with Crippen LogP contribution in [0, 0.1) is 6.92 Å². The van der Waals surface area contributed by atoms with Crippen LogP contribution in [0.3, 0.4) is 0 Å². The Balaban J connectivity index is 0.00000242. The van der Waals surface area contributed by atoms with E-state index in [2.05, 4.69) is 5.32 Å². The van der Waals surface area contributed by atoms with Crippen LogP contribution in [0.25, 0.3) is 0 Å². The van der Waals surface area contributed by atoms with Gasteiger partial charge < -0.3 is 19.7 Å². The normalized spacial score (nSPS) is 17.5. The molecule has 1 saturated heterocycles. The van der Waals surface area contributed by atoms with Crippen molar-refractivity contribution in [1.29, 1.82) is 0 Å². The number of rotatable bonds is 6. The van der Waals surface area contributed by atoms with Crippen molar-refractivity contribution < 1.29 is 14.3 Å². The molecule has 0 radical (unpaired) electrons. The minimum absolute atomic E-state index is 0. The Bertz CT molecular complexity index is 447. The van der Waals surface area contributed by atoms with Crippen LogP contribution in [0.15, 0.2) is 24.3 Å². The number of nitrogens with zero attached hydrogens (tertiary/aromatic N) is 1. The van der Waals surface area contributed by atoms with Gasteiger partial charge in [0, 0.05) is 20.1 Å². The first-order valence-corrected chi connectivity index (χ1v) is 7.41. The van der Waals surface area contributed by atoms with E-state index >= 15 is 0 Å². The average molecular weight is 329 g/mol. The lowest BCUT2D eigenvalue weighted by Gasteiger charge is -2.25. The van der Waals surface area contributed by atoms with E-state index in [1.165, 1.54) is 5.56 Å². The summed E-state index contributed by atoms with van der Waals surface area (Å²) in [5.74, 6) is 0.928. The van der Waals surface area contributed by atoms with Crippen molar-refractivity contribution in [3.63, 3.8) is 0 Å². The highest BCUT2D eigenvalue weighted by molar-refractivity contribution is 5.85. The van der Waals surface area contributed by atoms with Gasteiger partial charge in [0.05, 0.1) is 25.7 Å². The van der Waals surface area contributed by atoms with Gasteiger partial charge in [-0.1, -0.05) is 17.7 Å². The molecule has 2 rings (SSSR count). The largest absolute Gasteiger partial charge is 0.492 e. The molecule has 0 aromatic heterocycles. The second kappa shape index (κ2) is 9.66. The third-order valence-electron chi connectivity index (χ3n) is 3.55. The summed E-state index contributed by atoms with van der Waals surface area (Å²) in [6.07, 6.45) is 0.417. The Labute approximate surface area is 138 Å². The van der Waals surface area contributed by atoms with Crippen LogP contribution < -0.4 is 10.1 Å². The van der Waals surface area contributed by atoms with E-state index in [1.807, 2.05) is 31.2 Å². The van der Waals surface area contributed by atoms with Crippen molar-refractivity contribution in [3.05, 3.63) is 29.8 Å². The van der Waals surface area contributed by atoms with E-state index in [1.54, 1.807) is 11.9 Å². The quantitative estimate of drug-likeness (QED) is 0.862. The van der Waals surface area contributed by atoms with E-state index in [4.69, 9.17) is 9.47 Å². The summed E-state index contributed by atoms with van der Waals surface area (Å²) in [5, 5.41) is 3.23. The zero-order valence-electron chi connectivity index (χ0n) is 13.2. The molecule has 22 heavy (non-hydrogen) atoms. The highest BCUT2D eigenvalue weighted by atomic mass is 35.5. The average Bonchev–Trinajstić information content (AvgIpc) is 2.50. The van der Waals surface area contributed by atoms with Crippen LogP contribution in [0.4, 0.5) is 0 Å². The van der Waals surface area contributed by atoms with Gasteiger partial charge in [0.2, 0.25) is 5.91 Å². The highest BCUT2D eigenvalue weighted by Crippen LogP contribution is 2.11. The van der Waals surface area contributed by atoms with Gasteiger partial charge >= 0.3 is 0 Å². The number of halogens is 1. The summed E-state index contributed by atoms with van der Waals surface area (Å²) in [6, 6.07) is 7.91. The van der Waals surface area contributed by atoms with Crippen molar-refractivity contribution in [2.45, 2.75) is 19.4 Å². The minimum atomic E-state index is -0.00767. The van der Waals surface area contributed by atoms with Gasteiger partial charge in [0.15, 0.2) is 0 Å². The summed E-state index contributed by atoms with van der Waals surface area (Å²) < 4.78 is 11.2. The van der Waals surface area contributed by atoms with Crippen LogP contribution in [0.1, 0.15) is 12.0 Å². The predicted molar refractivity (Wildman–Crippen MR) is 88.8 cm³/mol.